The fourth-order valence-electron chi connectivity index (χ4n) is 2.44. The number of para-hydroxylation sites is 1. The van der Waals surface area contributed by atoms with Gasteiger partial charge in [-0.1, -0.05) is 18.2 Å². The van der Waals surface area contributed by atoms with E-state index in [1.54, 1.807) is 18.3 Å². The number of anilines is 1. The molecule has 0 unspecified atom stereocenters. The topological polar surface area (TPSA) is 94.9 Å². The maximum Gasteiger partial charge on any atom is 0.352 e. The monoisotopic (exact) mass is 344 g/mol. The summed E-state index contributed by atoms with van der Waals surface area (Å²) in [6, 6.07) is 8.40. The Balaban J connectivity index is 1.75. The Hall–Kier alpha value is -2.74. The van der Waals surface area contributed by atoms with E-state index in [4.69, 9.17) is 0 Å². The molecule has 3 rings (SSSR count). The van der Waals surface area contributed by atoms with Crippen LogP contribution in [0.5, 0.6) is 0 Å². The lowest BCUT2D eigenvalue weighted by Crippen LogP contribution is -2.42. The van der Waals surface area contributed by atoms with Gasteiger partial charge in [-0.25, -0.2) is 9.78 Å². The number of rotatable bonds is 5. The molecule has 0 aliphatic carbocycles. The number of thiazole rings is 1. The second-order valence-corrected chi connectivity index (χ2v) is 6.63. The smallest absolute Gasteiger partial charge is 0.352 e. The fourth-order valence-corrected chi connectivity index (χ4v) is 3.18. The number of carbonyl (C=O) groups excluding carboxylic acids is 1. The summed E-state index contributed by atoms with van der Waals surface area (Å²) in [6.07, 6.45) is 1.79. The number of carboxylic acid groups (broad SMARTS) is 1. The predicted molar refractivity (Wildman–Crippen MR) is 91.1 cm³/mol. The van der Waals surface area contributed by atoms with Crippen molar-refractivity contribution in [3.8, 4) is 0 Å². The third-order valence-electron chi connectivity index (χ3n) is 3.59. The number of aryl methyl sites for hydroxylation is 1. The minimum Gasteiger partial charge on any atom is -0.477 e. The zero-order valence-corrected chi connectivity index (χ0v) is 13.8. The Labute approximate surface area is 142 Å². The number of hydrazone groups is 1. The highest BCUT2D eigenvalue weighted by atomic mass is 32.1. The highest BCUT2D eigenvalue weighted by Crippen LogP contribution is 2.24. The summed E-state index contributed by atoms with van der Waals surface area (Å²) >= 11 is 1.51. The molecule has 0 spiro atoms. The first-order chi connectivity index (χ1) is 11.5. The fraction of sp³-hybridized carbons (Fsp3) is 0.250. The average Bonchev–Trinajstić information content (AvgIpc) is 3.20. The van der Waals surface area contributed by atoms with Gasteiger partial charge in [-0.3, -0.25) is 9.80 Å². The third kappa shape index (κ3) is 3.43. The molecule has 2 heterocycles. The molecule has 1 aliphatic rings. The van der Waals surface area contributed by atoms with Crippen molar-refractivity contribution in [3.05, 3.63) is 46.4 Å². The lowest BCUT2D eigenvalue weighted by molar-refractivity contribution is -0.129. The molecule has 0 saturated carbocycles. The van der Waals surface area contributed by atoms with Gasteiger partial charge in [0.15, 0.2) is 0 Å². The van der Waals surface area contributed by atoms with E-state index in [0.717, 1.165) is 9.88 Å². The summed E-state index contributed by atoms with van der Waals surface area (Å²) in [5.74, 6) is -1.37. The van der Waals surface area contributed by atoms with Crippen molar-refractivity contribution in [1.82, 2.24) is 10.3 Å². The Morgan fingerprint density at radius 3 is 2.75 bits per heavy atom. The summed E-state index contributed by atoms with van der Waals surface area (Å²) in [5.41, 5.74) is 0.662. The highest BCUT2D eigenvalue weighted by molar-refractivity contribution is 7.11. The number of hydrogen-bond acceptors (Lipinski definition) is 6. The number of amides is 1. The lowest BCUT2D eigenvalue weighted by atomic mass is 10.1. The molecule has 1 atom stereocenters. The zero-order valence-electron chi connectivity index (χ0n) is 13.0. The number of nitrogens with zero attached hydrogens (tertiary/aromatic N) is 3. The van der Waals surface area contributed by atoms with Crippen LogP contribution < -0.4 is 10.3 Å². The minimum absolute atomic E-state index is 0.0207. The van der Waals surface area contributed by atoms with Crippen molar-refractivity contribution in [2.75, 3.05) is 5.01 Å². The SMILES string of the molecule is Cc1ncc(CNC(=O)[C@H]2CC(C(=O)O)=NN2c2ccccc2)s1. The first-order valence-corrected chi connectivity index (χ1v) is 8.20. The Kier molecular flexibility index (Phi) is 4.57. The number of aliphatic carboxylic acids is 1. The zero-order chi connectivity index (χ0) is 17.1. The van der Waals surface area contributed by atoms with Gasteiger partial charge in [0.1, 0.15) is 11.8 Å². The molecule has 2 N–H and O–H groups in total. The lowest BCUT2D eigenvalue weighted by Gasteiger charge is -2.22. The van der Waals surface area contributed by atoms with Gasteiger partial charge in [0, 0.05) is 17.5 Å². The minimum atomic E-state index is -1.11. The molecule has 1 aliphatic heterocycles. The van der Waals surface area contributed by atoms with Crippen molar-refractivity contribution < 1.29 is 14.7 Å². The molecule has 0 fully saturated rings. The van der Waals surface area contributed by atoms with Crippen molar-refractivity contribution in [2.24, 2.45) is 5.10 Å². The van der Waals surface area contributed by atoms with Crippen LogP contribution in [0.15, 0.2) is 41.6 Å². The van der Waals surface area contributed by atoms with Crippen LogP contribution >= 0.6 is 11.3 Å². The maximum absolute atomic E-state index is 12.5. The summed E-state index contributed by atoms with van der Waals surface area (Å²) in [6.45, 7) is 2.27. The van der Waals surface area contributed by atoms with Crippen molar-refractivity contribution in [3.63, 3.8) is 0 Å². The Bertz CT molecular complexity index is 788. The van der Waals surface area contributed by atoms with Crippen LogP contribution in [0, 0.1) is 6.92 Å². The molecule has 0 radical (unpaired) electrons. The van der Waals surface area contributed by atoms with E-state index in [9.17, 15) is 14.7 Å². The van der Waals surface area contributed by atoms with E-state index in [2.05, 4.69) is 15.4 Å². The van der Waals surface area contributed by atoms with E-state index in [-0.39, 0.29) is 18.0 Å². The number of hydrogen-bond donors (Lipinski definition) is 2. The Morgan fingerprint density at radius 2 is 2.12 bits per heavy atom. The van der Waals surface area contributed by atoms with Gasteiger partial charge in [-0.2, -0.15) is 5.10 Å². The largest absolute Gasteiger partial charge is 0.477 e. The molecule has 124 valence electrons. The van der Waals surface area contributed by atoms with Gasteiger partial charge in [0.2, 0.25) is 5.91 Å². The van der Waals surface area contributed by atoms with E-state index in [0.29, 0.717) is 12.2 Å². The number of aromatic nitrogens is 1. The van der Waals surface area contributed by atoms with Gasteiger partial charge in [-0.05, 0) is 19.1 Å². The van der Waals surface area contributed by atoms with E-state index in [1.165, 1.54) is 16.3 Å². The molecular weight excluding hydrogens is 328 g/mol. The standard InChI is InChI=1S/C16H16N4O3S/c1-10-17-8-12(24-10)9-18-15(21)14-7-13(16(22)23)19-20(14)11-5-3-2-4-6-11/h2-6,8,14H,7,9H2,1H3,(H,18,21)(H,22,23)/t14-/m1/s1. The summed E-state index contributed by atoms with van der Waals surface area (Å²) < 4.78 is 0. The number of nitrogens with one attached hydrogen (secondary N) is 1. The van der Waals surface area contributed by atoms with Crippen molar-refractivity contribution in [2.45, 2.75) is 25.9 Å². The van der Waals surface area contributed by atoms with Crippen LogP contribution in [0.4, 0.5) is 5.69 Å². The molecule has 1 aromatic heterocycles. The molecule has 1 amide bonds. The van der Waals surface area contributed by atoms with Gasteiger partial charge in [0.25, 0.3) is 0 Å². The number of carbonyl (C=O) groups is 2. The number of carboxylic acids is 1. The molecule has 24 heavy (non-hydrogen) atoms. The summed E-state index contributed by atoms with van der Waals surface area (Å²) in [4.78, 5) is 28.9. The van der Waals surface area contributed by atoms with Crippen LogP contribution in [0.3, 0.4) is 0 Å². The van der Waals surface area contributed by atoms with Crippen LogP contribution in [0.25, 0.3) is 0 Å². The van der Waals surface area contributed by atoms with E-state index in [1.807, 2.05) is 25.1 Å². The normalized spacial score (nSPS) is 16.8. The molecule has 2 aromatic rings. The maximum atomic E-state index is 12.5. The first-order valence-electron chi connectivity index (χ1n) is 7.38. The second kappa shape index (κ2) is 6.79. The summed E-state index contributed by atoms with van der Waals surface area (Å²) in [5, 5.41) is 18.5. The molecule has 1 aromatic carbocycles. The van der Waals surface area contributed by atoms with Crippen molar-refractivity contribution in [1.29, 1.82) is 0 Å². The van der Waals surface area contributed by atoms with Gasteiger partial charge < -0.3 is 10.4 Å². The Morgan fingerprint density at radius 1 is 1.38 bits per heavy atom. The predicted octanol–water partition coefficient (Wildman–Crippen LogP) is 1.79. The quantitative estimate of drug-likeness (QED) is 0.862. The van der Waals surface area contributed by atoms with Crippen LogP contribution in [0.1, 0.15) is 16.3 Å². The third-order valence-corrected chi connectivity index (χ3v) is 4.50. The van der Waals surface area contributed by atoms with E-state index >= 15 is 0 Å². The number of benzene rings is 1. The highest BCUT2D eigenvalue weighted by Gasteiger charge is 2.36. The van der Waals surface area contributed by atoms with Crippen LogP contribution in [-0.4, -0.2) is 33.7 Å². The first kappa shape index (κ1) is 16.1. The van der Waals surface area contributed by atoms with Crippen LogP contribution in [-0.2, 0) is 16.1 Å². The molecule has 8 heteroatoms. The molecule has 0 saturated heterocycles. The van der Waals surface area contributed by atoms with Gasteiger partial charge >= 0.3 is 5.97 Å². The molecule has 7 nitrogen and oxygen atoms in total. The average molecular weight is 344 g/mol. The molecule has 0 bridgehead atoms. The molecular formula is C16H16N4O3S. The van der Waals surface area contributed by atoms with Gasteiger partial charge in [0.05, 0.1) is 17.2 Å². The second-order valence-electron chi connectivity index (χ2n) is 5.32. The van der Waals surface area contributed by atoms with Crippen molar-refractivity contribution >= 4 is 34.6 Å². The summed E-state index contributed by atoms with van der Waals surface area (Å²) in [7, 11) is 0. The van der Waals surface area contributed by atoms with Gasteiger partial charge in [-0.15, -0.1) is 11.3 Å². The van der Waals surface area contributed by atoms with Crippen LogP contribution in [0.2, 0.25) is 0 Å². The van der Waals surface area contributed by atoms with E-state index < -0.39 is 12.0 Å².